The molecule has 3 fully saturated rings. The molecule has 1 amide bonds. The summed E-state index contributed by atoms with van der Waals surface area (Å²) in [5.41, 5.74) is 0. The van der Waals surface area contributed by atoms with Crippen LogP contribution in [0.5, 0.6) is 0 Å². The summed E-state index contributed by atoms with van der Waals surface area (Å²) in [5, 5.41) is 3.58. The quantitative estimate of drug-likeness (QED) is 0.827. The van der Waals surface area contributed by atoms with E-state index < -0.39 is 0 Å². The topological polar surface area (TPSA) is 32.3 Å². The van der Waals surface area contributed by atoms with Crippen molar-refractivity contribution >= 4 is 5.91 Å². The molecule has 2 aliphatic carbocycles. The highest BCUT2D eigenvalue weighted by Crippen LogP contribution is 2.54. The minimum Gasteiger partial charge on any atom is -0.341 e. The van der Waals surface area contributed by atoms with Gasteiger partial charge in [-0.25, -0.2) is 0 Å². The highest BCUT2D eigenvalue weighted by atomic mass is 16.2. The molecule has 0 spiro atoms. The Hall–Kier alpha value is -0.570. The minimum absolute atomic E-state index is 0.360. The molecule has 0 aromatic heterocycles. The Balaban J connectivity index is 1.54. The van der Waals surface area contributed by atoms with Gasteiger partial charge in [0.2, 0.25) is 5.91 Å². The number of rotatable bonds is 5. The van der Waals surface area contributed by atoms with Gasteiger partial charge in [-0.05, 0) is 56.9 Å². The summed E-state index contributed by atoms with van der Waals surface area (Å²) in [6, 6.07) is 0.542. The van der Waals surface area contributed by atoms with Gasteiger partial charge < -0.3 is 10.2 Å². The van der Waals surface area contributed by atoms with Crippen LogP contribution >= 0.6 is 0 Å². The predicted octanol–water partition coefficient (Wildman–Crippen LogP) is 2.41. The molecule has 0 bridgehead atoms. The van der Waals surface area contributed by atoms with Crippen molar-refractivity contribution in [3.63, 3.8) is 0 Å². The summed E-state index contributed by atoms with van der Waals surface area (Å²) in [4.78, 5) is 14.8. The lowest BCUT2D eigenvalue weighted by atomic mass is 10.00. The zero-order chi connectivity index (χ0) is 13.2. The zero-order valence-electron chi connectivity index (χ0n) is 12.2. The van der Waals surface area contributed by atoms with Crippen LogP contribution < -0.4 is 5.32 Å². The lowest BCUT2D eigenvalue weighted by Crippen LogP contribution is -2.47. The van der Waals surface area contributed by atoms with E-state index in [9.17, 15) is 4.79 Å². The first-order valence-electron chi connectivity index (χ1n) is 8.30. The molecule has 2 saturated carbocycles. The number of hydrogen-bond donors (Lipinski definition) is 1. The Morgan fingerprint density at radius 3 is 2.63 bits per heavy atom. The molecular weight excluding hydrogens is 236 g/mol. The van der Waals surface area contributed by atoms with Crippen molar-refractivity contribution in [3.8, 4) is 0 Å². The van der Waals surface area contributed by atoms with E-state index in [-0.39, 0.29) is 0 Å². The second-order valence-corrected chi connectivity index (χ2v) is 6.86. The van der Waals surface area contributed by atoms with Crippen LogP contribution in [0.25, 0.3) is 0 Å². The molecule has 1 heterocycles. The Kier molecular flexibility index (Phi) is 4.11. The van der Waals surface area contributed by atoms with Crippen LogP contribution in [0.15, 0.2) is 0 Å². The average molecular weight is 264 g/mol. The van der Waals surface area contributed by atoms with E-state index in [1.807, 2.05) is 0 Å². The molecule has 1 aliphatic heterocycles. The van der Waals surface area contributed by atoms with Crippen LogP contribution in [0.4, 0.5) is 0 Å². The van der Waals surface area contributed by atoms with Gasteiger partial charge in [0, 0.05) is 25.0 Å². The summed E-state index contributed by atoms with van der Waals surface area (Å²) in [6.45, 7) is 5.20. The first kappa shape index (κ1) is 13.4. The fourth-order valence-electron chi connectivity index (χ4n) is 4.08. The normalized spacial score (nSPS) is 36.9. The number of nitrogens with zero attached hydrogens (tertiary/aromatic N) is 1. The number of hydrogen-bond acceptors (Lipinski definition) is 2. The van der Waals surface area contributed by atoms with Crippen LogP contribution in [0.1, 0.15) is 51.9 Å². The van der Waals surface area contributed by atoms with Crippen LogP contribution in [0.3, 0.4) is 0 Å². The Morgan fingerprint density at radius 2 is 2.00 bits per heavy atom. The van der Waals surface area contributed by atoms with Crippen LogP contribution in [-0.2, 0) is 4.79 Å². The lowest BCUT2D eigenvalue weighted by Gasteiger charge is -2.32. The van der Waals surface area contributed by atoms with E-state index in [4.69, 9.17) is 0 Å². The van der Waals surface area contributed by atoms with Crippen molar-refractivity contribution in [2.24, 2.45) is 17.8 Å². The smallest absolute Gasteiger partial charge is 0.225 e. The Morgan fingerprint density at radius 1 is 1.21 bits per heavy atom. The molecular formula is C16H28N2O. The summed E-state index contributed by atoms with van der Waals surface area (Å²) in [5.74, 6) is 2.63. The van der Waals surface area contributed by atoms with E-state index in [1.165, 1.54) is 38.5 Å². The molecule has 1 N–H and O–H groups in total. The van der Waals surface area contributed by atoms with E-state index in [2.05, 4.69) is 17.1 Å². The first-order valence-corrected chi connectivity index (χ1v) is 8.30. The largest absolute Gasteiger partial charge is 0.341 e. The third-order valence-electron chi connectivity index (χ3n) is 5.25. The molecule has 0 aromatic carbocycles. The molecule has 3 atom stereocenters. The van der Waals surface area contributed by atoms with Gasteiger partial charge in [0.25, 0.3) is 0 Å². The highest BCUT2D eigenvalue weighted by molar-refractivity contribution is 5.79. The van der Waals surface area contributed by atoms with Crippen molar-refractivity contribution < 1.29 is 4.79 Å². The van der Waals surface area contributed by atoms with Gasteiger partial charge in [-0.1, -0.05) is 13.3 Å². The van der Waals surface area contributed by atoms with Crippen LogP contribution in [0.2, 0.25) is 0 Å². The molecule has 108 valence electrons. The molecule has 0 radical (unpaired) electrons. The zero-order valence-corrected chi connectivity index (χ0v) is 12.2. The molecule has 0 aromatic rings. The van der Waals surface area contributed by atoms with E-state index in [0.717, 1.165) is 37.9 Å². The van der Waals surface area contributed by atoms with Crippen LogP contribution in [-0.4, -0.2) is 36.5 Å². The lowest BCUT2D eigenvalue weighted by molar-refractivity contribution is -0.136. The number of nitrogens with one attached hydrogen (secondary N) is 1. The molecule has 1 saturated heterocycles. The van der Waals surface area contributed by atoms with Gasteiger partial charge in [0.15, 0.2) is 0 Å². The van der Waals surface area contributed by atoms with Crippen LogP contribution in [0, 0.1) is 17.8 Å². The standard InChI is InChI=1S/C16H28N2O/c1-2-7-18(11-15-5-3-4-6-17-15)16(19)14-9-12-8-13(12)10-14/h12-15,17H,2-11H2,1H3. The van der Waals surface area contributed by atoms with E-state index >= 15 is 0 Å². The highest BCUT2D eigenvalue weighted by Gasteiger charge is 2.48. The number of piperidine rings is 1. The summed E-state index contributed by atoms with van der Waals surface area (Å²) in [6.07, 6.45) is 8.70. The maximum Gasteiger partial charge on any atom is 0.225 e. The maximum absolute atomic E-state index is 12.7. The summed E-state index contributed by atoms with van der Waals surface area (Å²) >= 11 is 0. The van der Waals surface area contributed by atoms with Crippen molar-refractivity contribution in [2.75, 3.05) is 19.6 Å². The van der Waals surface area contributed by atoms with Gasteiger partial charge in [-0.3, -0.25) is 4.79 Å². The first-order chi connectivity index (χ1) is 9.28. The van der Waals surface area contributed by atoms with Gasteiger partial charge in [0.1, 0.15) is 0 Å². The second kappa shape index (κ2) is 5.82. The molecule has 3 unspecified atom stereocenters. The minimum atomic E-state index is 0.360. The SMILES string of the molecule is CCCN(CC1CCCCN1)C(=O)C1CC2CC2C1. The Labute approximate surface area is 117 Å². The average Bonchev–Trinajstić information content (AvgIpc) is 3.05. The van der Waals surface area contributed by atoms with Crippen molar-refractivity contribution in [2.45, 2.75) is 57.9 Å². The third kappa shape index (κ3) is 3.13. The van der Waals surface area contributed by atoms with Gasteiger partial charge in [-0.2, -0.15) is 0 Å². The second-order valence-electron chi connectivity index (χ2n) is 6.86. The van der Waals surface area contributed by atoms with Gasteiger partial charge in [0.05, 0.1) is 0 Å². The molecule has 19 heavy (non-hydrogen) atoms. The van der Waals surface area contributed by atoms with Gasteiger partial charge >= 0.3 is 0 Å². The Bertz CT molecular complexity index is 315. The predicted molar refractivity (Wildman–Crippen MR) is 76.8 cm³/mol. The fourth-order valence-corrected chi connectivity index (χ4v) is 4.08. The molecule has 3 heteroatoms. The van der Waals surface area contributed by atoms with Gasteiger partial charge in [-0.15, -0.1) is 0 Å². The summed E-state index contributed by atoms with van der Waals surface area (Å²) < 4.78 is 0. The molecule has 3 nitrogen and oxygen atoms in total. The number of carbonyl (C=O) groups is 1. The molecule has 3 rings (SSSR count). The van der Waals surface area contributed by atoms with Crippen molar-refractivity contribution in [1.29, 1.82) is 0 Å². The van der Waals surface area contributed by atoms with E-state index in [1.54, 1.807) is 0 Å². The summed E-state index contributed by atoms with van der Waals surface area (Å²) in [7, 11) is 0. The fraction of sp³-hybridized carbons (Fsp3) is 0.938. The molecule has 3 aliphatic rings. The monoisotopic (exact) mass is 264 g/mol. The van der Waals surface area contributed by atoms with Crippen molar-refractivity contribution in [3.05, 3.63) is 0 Å². The van der Waals surface area contributed by atoms with Crippen molar-refractivity contribution in [1.82, 2.24) is 10.2 Å². The van der Waals surface area contributed by atoms with E-state index in [0.29, 0.717) is 17.9 Å². The number of carbonyl (C=O) groups excluding carboxylic acids is 1. The third-order valence-corrected chi connectivity index (χ3v) is 5.25. The number of fused-ring (bicyclic) bond motifs is 1. The maximum atomic E-state index is 12.7. The number of amides is 1.